The highest BCUT2D eigenvalue weighted by molar-refractivity contribution is 6.24. The van der Waals surface area contributed by atoms with E-state index in [0.717, 1.165) is 32.6 Å². The van der Waals surface area contributed by atoms with E-state index in [9.17, 15) is 18.8 Å². The lowest BCUT2D eigenvalue weighted by Crippen LogP contribution is -2.44. The number of hydrogen-bond acceptors (Lipinski definition) is 3. The van der Waals surface area contributed by atoms with Crippen LogP contribution in [0.3, 0.4) is 0 Å². The second-order valence-electron chi connectivity index (χ2n) is 11.3. The summed E-state index contributed by atoms with van der Waals surface area (Å²) in [4.78, 5) is 48.3. The van der Waals surface area contributed by atoms with Crippen molar-refractivity contribution in [2.24, 2.45) is 0 Å². The summed E-state index contributed by atoms with van der Waals surface area (Å²) in [5, 5.41) is 3.77. The third kappa shape index (κ3) is 4.37. The summed E-state index contributed by atoms with van der Waals surface area (Å²) in [7, 11) is 0. The minimum absolute atomic E-state index is 0.162. The molecule has 4 aromatic carbocycles. The van der Waals surface area contributed by atoms with Gasteiger partial charge in [0, 0.05) is 28.7 Å². The predicted octanol–water partition coefficient (Wildman–Crippen LogP) is 7.17. The van der Waals surface area contributed by atoms with E-state index in [4.69, 9.17) is 0 Å². The Morgan fingerprint density at radius 2 is 1.60 bits per heavy atom. The fraction of sp³-hybridized carbons (Fsp3) is 0.171. The normalized spacial score (nSPS) is 17.9. The second-order valence-corrected chi connectivity index (χ2v) is 11.3. The Balaban J connectivity index is 1.31. The average Bonchev–Trinajstić information content (AvgIpc) is 3.51. The third-order valence-electron chi connectivity index (χ3n) is 8.46. The molecule has 3 heterocycles. The number of nitrogens with zero attached hydrogens (tertiary/aromatic N) is 2. The van der Waals surface area contributed by atoms with Gasteiger partial charge < -0.3 is 10.3 Å². The van der Waals surface area contributed by atoms with Crippen molar-refractivity contribution in [3.63, 3.8) is 0 Å². The second kappa shape index (κ2) is 10.2. The van der Waals surface area contributed by atoms with Crippen LogP contribution >= 0.6 is 0 Å². The molecule has 7 nitrogen and oxygen atoms in total. The molecular weight excluding hydrogens is 543 g/mol. The molecule has 0 bridgehead atoms. The van der Waals surface area contributed by atoms with E-state index in [0.29, 0.717) is 18.0 Å². The Morgan fingerprint density at radius 3 is 2.35 bits per heavy atom. The molecule has 1 aromatic heterocycles. The van der Waals surface area contributed by atoms with Crippen LogP contribution in [-0.4, -0.2) is 33.8 Å². The number of aromatic amines is 1. The van der Waals surface area contributed by atoms with E-state index < -0.39 is 29.8 Å². The van der Waals surface area contributed by atoms with Crippen LogP contribution in [0.5, 0.6) is 0 Å². The number of carbonyl (C=O) groups is 3. The molecule has 0 radical (unpaired) electrons. The molecule has 8 heteroatoms. The lowest BCUT2D eigenvalue weighted by Gasteiger charge is -2.36. The summed E-state index contributed by atoms with van der Waals surface area (Å²) in [6.07, 6.45) is 0.352. The van der Waals surface area contributed by atoms with Gasteiger partial charge in [-0.25, -0.2) is 14.1 Å². The maximum Gasteiger partial charge on any atom is 0.332 e. The van der Waals surface area contributed by atoms with Crippen LogP contribution in [0.1, 0.15) is 58.5 Å². The molecule has 1 saturated heterocycles. The topological polar surface area (TPSA) is 85.5 Å². The van der Waals surface area contributed by atoms with Crippen LogP contribution in [0, 0.1) is 5.82 Å². The molecule has 5 aromatic rings. The Labute approximate surface area is 247 Å². The first-order valence-corrected chi connectivity index (χ1v) is 14.3. The maximum atomic E-state index is 14.3. The van der Waals surface area contributed by atoms with Crippen LogP contribution < -0.4 is 10.2 Å². The number of aromatic nitrogens is 1. The predicted molar refractivity (Wildman–Crippen MR) is 164 cm³/mol. The number of halogens is 1. The molecule has 1 unspecified atom stereocenters. The largest absolute Gasteiger partial charge is 0.356 e. The Bertz CT molecular complexity index is 1900. The molecule has 7 rings (SSSR count). The number of anilines is 2. The van der Waals surface area contributed by atoms with Crippen molar-refractivity contribution in [3.05, 3.63) is 131 Å². The van der Waals surface area contributed by atoms with Gasteiger partial charge in [-0.1, -0.05) is 68.4 Å². The zero-order chi connectivity index (χ0) is 29.8. The molecule has 1 fully saturated rings. The van der Waals surface area contributed by atoms with Crippen molar-refractivity contribution in [1.82, 2.24) is 9.88 Å². The summed E-state index contributed by atoms with van der Waals surface area (Å²) in [5.74, 6) is -0.967. The van der Waals surface area contributed by atoms with Crippen LogP contribution in [0.25, 0.3) is 10.9 Å². The number of carbonyl (C=O) groups excluding carboxylic acids is 3. The van der Waals surface area contributed by atoms with Gasteiger partial charge in [0.1, 0.15) is 17.9 Å². The number of urea groups is 1. The molecule has 214 valence electrons. The molecule has 2 N–H and O–H groups in total. The number of rotatable bonds is 5. The van der Waals surface area contributed by atoms with Gasteiger partial charge in [0.25, 0.3) is 11.8 Å². The minimum atomic E-state index is -0.748. The minimum Gasteiger partial charge on any atom is -0.356 e. The van der Waals surface area contributed by atoms with E-state index in [1.54, 1.807) is 29.2 Å². The van der Waals surface area contributed by atoms with Crippen molar-refractivity contribution >= 4 is 40.1 Å². The van der Waals surface area contributed by atoms with Crippen molar-refractivity contribution in [1.29, 1.82) is 0 Å². The summed E-state index contributed by atoms with van der Waals surface area (Å²) < 4.78 is 13.4. The first-order valence-electron chi connectivity index (χ1n) is 14.3. The van der Waals surface area contributed by atoms with Crippen LogP contribution in [-0.2, 0) is 11.2 Å². The molecular formula is C35H29FN4O3. The smallest absolute Gasteiger partial charge is 0.332 e. The van der Waals surface area contributed by atoms with Gasteiger partial charge >= 0.3 is 6.03 Å². The highest BCUT2D eigenvalue weighted by atomic mass is 19.1. The van der Waals surface area contributed by atoms with E-state index >= 15 is 0 Å². The van der Waals surface area contributed by atoms with Crippen molar-refractivity contribution in [2.75, 3.05) is 10.2 Å². The third-order valence-corrected chi connectivity index (χ3v) is 8.46. The number of hydrogen-bond donors (Lipinski definition) is 2. The number of amides is 4. The van der Waals surface area contributed by atoms with Crippen LogP contribution in [0.2, 0.25) is 0 Å². The SMILES string of the molecule is CC(C)c1ccc(C2c3[nH]c4ccccc4c3C[C@H]3C(=O)N(c4ccccc4C(=O)Nc4ccc(F)cc4)C(=O)N23)cc1. The molecule has 0 aliphatic carbocycles. The molecule has 43 heavy (non-hydrogen) atoms. The zero-order valence-electron chi connectivity index (χ0n) is 23.7. The monoisotopic (exact) mass is 572 g/mol. The van der Waals surface area contributed by atoms with E-state index in [1.807, 2.05) is 36.4 Å². The summed E-state index contributed by atoms with van der Waals surface area (Å²) in [6, 6.07) is 26.4. The molecule has 2 aliphatic heterocycles. The standard InChI is InChI=1S/C35H29FN4O3/c1-20(2)21-11-13-22(14-12-21)32-31-27(25-7-3-5-9-28(25)38-31)19-30-34(42)40(35(43)39(30)32)29-10-6-4-8-26(29)33(41)37-24-17-15-23(36)16-18-24/h3-18,20,30,32,38H,19H2,1-2H3,(H,37,41)/t30-,32?/m0/s1. The van der Waals surface area contributed by atoms with Gasteiger partial charge in [0.15, 0.2) is 0 Å². The van der Waals surface area contributed by atoms with Gasteiger partial charge in [0.05, 0.1) is 11.3 Å². The van der Waals surface area contributed by atoms with Crippen molar-refractivity contribution in [3.8, 4) is 0 Å². The number of para-hydroxylation sites is 2. The van der Waals surface area contributed by atoms with E-state index in [-0.39, 0.29) is 17.2 Å². The van der Waals surface area contributed by atoms with Crippen molar-refractivity contribution in [2.45, 2.75) is 38.3 Å². The first kappa shape index (κ1) is 26.6. The van der Waals surface area contributed by atoms with Crippen LogP contribution in [0.4, 0.5) is 20.6 Å². The lowest BCUT2D eigenvalue weighted by molar-refractivity contribution is -0.120. The van der Waals surface area contributed by atoms with Gasteiger partial charge in [-0.2, -0.15) is 0 Å². The Morgan fingerprint density at radius 1 is 0.907 bits per heavy atom. The summed E-state index contributed by atoms with van der Waals surface area (Å²) in [6.45, 7) is 4.26. The number of benzene rings is 4. The number of nitrogens with one attached hydrogen (secondary N) is 2. The van der Waals surface area contributed by atoms with Gasteiger partial charge in [0.2, 0.25) is 0 Å². The van der Waals surface area contributed by atoms with E-state index in [2.05, 4.69) is 36.3 Å². The summed E-state index contributed by atoms with van der Waals surface area (Å²) in [5.41, 5.74) is 5.70. The molecule has 2 aliphatic rings. The molecule has 0 saturated carbocycles. The quantitative estimate of drug-likeness (QED) is 0.219. The maximum absolute atomic E-state index is 14.3. The van der Waals surface area contributed by atoms with Gasteiger partial charge in [-0.3, -0.25) is 14.5 Å². The summed E-state index contributed by atoms with van der Waals surface area (Å²) >= 11 is 0. The van der Waals surface area contributed by atoms with Crippen molar-refractivity contribution < 1.29 is 18.8 Å². The Hall–Kier alpha value is -5.24. The molecule has 4 amide bonds. The van der Waals surface area contributed by atoms with Gasteiger partial charge in [-0.15, -0.1) is 0 Å². The first-order chi connectivity index (χ1) is 20.8. The fourth-order valence-corrected chi connectivity index (χ4v) is 6.30. The highest BCUT2D eigenvalue weighted by Gasteiger charge is 2.53. The Kier molecular flexibility index (Phi) is 6.34. The number of H-pyrrole nitrogens is 1. The molecule has 0 spiro atoms. The average molecular weight is 573 g/mol. The number of imide groups is 1. The van der Waals surface area contributed by atoms with E-state index in [1.165, 1.54) is 29.8 Å². The highest BCUT2D eigenvalue weighted by Crippen LogP contribution is 2.45. The lowest BCUT2D eigenvalue weighted by atomic mass is 9.88. The van der Waals surface area contributed by atoms with Crippen LogP contribution in [0.15, 0.2) is 97.1 Å². The fourth-order valence-electron chi connectivity index (χ4n) is 6.30. The molecule has 2 atom stereocenters. The number of fused-ring (bicyclic) bond motifs is 4. The van der Waals surface area contributed by atoms with Gasteiger partial charge in [-0.05, 0) is 65.1 Å². The zero-order valence-corrected chi connectivity index (χ0v) is 23.7.